The number of nitrogens with zero attached hydrogens (tertiary/aromatic N) is 2. The van der Waals surface area contributed by atoms with E-state index in [1.807, 2.05) is 53.9 Å². The van der Waals surface area contributed by atoms with E-state index in [4.69, 9.17) is 4.74 Å². The molecule has 0 bridgehead atoms. The highest BCUT2D eigenvalue weighted by molar-refractivity contribution is 7.90. The lowest BCUT2D eigenvalue weighted by molar-refractivity contribution is 0.0734. The number of ether oxygens (including phenoxy) is 1. The number of carbonyl (C=O) groups is 1. The first-order chi connectivity index (χ1) is 17.5. The summed E-state index contributed by atoms with van der Waals surface area (Å²) in [6, 6.07) is 33.4. The summed E-state index contributed by atoms with van der Waals surface area (Å²) >= 11 is 1.23. The summed E-state index contributed by atoms with van der Waals surface area (Å²) in [4.78, 5) is 12.8. The van der Waals surface area contributed by atoms with Crippen molar-refractivity contribution < 1.29 is 17.9 Å². The Morgan fingerprint density at radius 2 is 1.33 bits per heavy atom. The van der Waals surface area contributed by atoms with Crippen molar-refractivity contribution in [2.24, 2.45) is 4.40 Å². The molecule has 0 spiro atoms. The lowest BCUT2D eigenvalue weighted by Gasteiger charge is -2.10. The molecule has 36 heavy (non-hydrogen) atoms. The third-order valence-corrected chi connectivity index (χ3v) is 7.55. The van der Waals surface area contributed by atoms with Gasteiger partial charge in [-0.15, -0.1) is 15.7 Å². The molecular formula is C28H20N2O4S2. The number of para-hydroxylation sites is 1. The number of rotatable bonds is 6. The van der Waals surface area contributed by atoms with Crippen molar-refractivity contribution in [3.8, 4) is 22.7 Å². The van der Waals surface area contributed by atoms with Crippen LogP contribution in [0.2, 0.25) is 0 Å². The van der Waals surface area contributed by atoms with Gasteiger partial charge in [-0.05, 0) is 66.2 Å². The fourth-order valence-corrected chi connectivity index (χ4v) is 5.71. The van der Waals surface area contributed by atoms with Gasteiger partial charge in [0.15, 0.2) is 0 Å². The Morgan fingerprint density at radius 1 is 0.750 bits per heavy atom. The molecule has 0 aliphatic rings. The van der Waals surface area contributed by atoms with Crippen LogP contribution in [0.1, 0.15) is 10.4 Å². The first-order valence-corrected chi connectivity index (χ1v) is 13.3. The van der Waals surface area contributed by atoms with E-state index in [2.05, 4.69) is 4.40 Å². The fourth-order valence-electron chi connectivity index (χ4n) is 3.58. The topological polar surface area (TPSA) is 77.7 Å². The van der Waals surface area contributed by atoms with Crippen LogP contribution in [0.3, 0.4) is 0 Å². The molecule has 0 aliphatic carbocycles. The molecule has 5 rings (SSSR count). The van der Waals surface area contributed by atoms with E-state index in [9.17, 15) is 13.2 Å². The number of thiazole rings is 1. The highest BCUT2D eigenvalue weighted by atomic mass is 32.2. The molecule has 0 aliphatic heterocycles. The number of benzene rings is 4. The van der Waals surface area contributed by atoms with Crippen LogP contribution in [0.5, 0.6) is 5.75 Å². The molecule has 8 heteroatoms. The monoisotopic (exact) mass is 512 g/mol. The van der Waals surface area contributed by atoms with Crippen molar-refractivity contribution in [3.63, 3.8) is 0 Å². The summed E-state index contributed by atoms with van der Waals surface area (Å²) in [7, 11) is -3.90. The van der Waals surface area contributed by atoms with Gasteiger partial charge in [0.1, 0.15) is 5.75 Å². The number of sulfonamides is 1. The Hall–Kier alpha value is -4.27. The minimum Gasteiger partial charge on any atom is -0.423 e. The van der Waals surface area contributed by atoms with Crippen molar-refractivity contribution >= 4 is 27.3 Å². The van der Waals surface area contributed by atoms with Crippen LogP contribution in [-0.2, 0) is 10.0 Å². The highest BCUT2D eigenvalue weighted by Crippen LogP contribution is 2.26. The summed E-state index contributed by atoms with van der Waals surface area (Å²) in [5.74, 6) is -0.0314. The second-order valence-electron chi connectivity index (χ2n) is 7.73. The smallest absolute Gasteiger partial charge is 0.343 e. The van der Waals surface area contributed by atoms with Crippen molar-refractivity contribution in [1.29, 1.82) is 0 Å². The van der Waals surface area contributed by atoms with Gasteiger partial charge in [-0.1, -0.05) is 54.6 Å². The minimum absolute atomic E-state index is 0.129. The summed E-state index contributed by atoms with van der Waals surface area (Å²) < 4.78 is 37.4. The van der Waals surface area contributed by atoms with E-state index in [1.54, 1.807) is 59.2 Å². The number of esters is 1. The molecular weight excluding hydrogens is 492 g/mol. The predicted molar refractivity (Wildman–Crippen MR) is 140 cm³/mol. The van der Waals surface area contributed by atoms with Gasteiger partial charge in [0.2, 0.25) is 4.80 Å². The number of aromatic nitrogens is 1. The van der Waals surface area contributed by atoms with Gasteiger partial charge in [0.05, 0.1) is 16.2 Å². The summed E-state index contributed by atoms with van der Waals surface area (Å²) in [6.07, 6.45) is 0. The molecule has 0 amide bonds. The first-order valence-electron chi connectivity index (χ1n) is 11.0. The van der Waals surface area contributed by atoms with Gasteiger partial charge >= 0.3 is 5.97 Å². The van der Waals surface area contributed by atoms with E-state index in [1.165, 1.54) is 23.5 Å². The van der Waals surface area contributed by atoms with Crippen molar-refractivity contribution in [3.05, 3.63) is 131 Å². The largest absolute Gasteiger partial charge is 0.423 e. The molecule has 0 saturated carbocycles. The number of hydrogen-bond donors (Lipinski definition) is 0. The maximum atomic E-state index is 13.0. The zero-order valence-electron chi connectivity index (χ0n) is 18.9. The summed E-state index contributed by atoms with van der Waals surface area (Å²) in [5, 5.41) is 1.86. The quantitative estimate of drug-likeness (QED) is 0.216. The zero-order valence-corrected chi connectivity index (χ0v) is 20.5. The molecule has 0 fully saturated rings. The van der Waals surface area contributed by atoms with Crippen LogP contribution in [0.15, 0.2) is 130 Å². The van der Waals surface area contributed by atoms with E-state index in [0.29, 0.717) is 16.1 Å². The molecule has 4 aromatic carbocycles. The van der Waals surface area contributed by atoms with Crippen molar-refractivity contribution in [1.82, 2.24) is 4.57 Å². The standard InChI is InChI=1S/C28H20N2O4S2/c31-27(22-10-4-1-5-11-22)34-24-18-16-21(17-19-24)26-20-35-28(30(26)23-12-6-2-7-13-23)29-36(32,33)25-14-8-3-9-15-25/h1-20H. The van der Waals surface area contributed by atoms with E-state index >= 15 is 0 Å². The van der Waals surface area contributed by atoms with E-state index in [0.717, 1.165) is 16.9 Å². The second-order valence-corrected chi connectivity index (χ2v) is 10.2. The Morgan fingerprint density at radius 3 is 1.97 bits per heavy atom. The maximum Gasteiger partial charge on any atom is 0.343 e. The van der Waals surface area contributed by atoms with Gasteiger partial charge in [0, 0.05) is 11.1 Å². The number of hydrogen-bond acceptors (Lipinski definition) is 5. The maximum absolute atomic E-state index is 13.0. The van der Waals surface area contributed by atoms with Crippen LogP contribution in [-0.4, -0.2) is 19.0 Å². The van der Waals surface area contributed by atoms with Crippen LogP contribution in [0.25, 0.3) is 16.9 Å². The van der Waals surface area contributed by atoms with Crippen LogP contribution in [0, 0.1) is 0 Å². The molecule has 1 aromatic heterocycles. The molecule has 0 radical (unpaired) electrons. The van der Waals surface area contributed by atoms with Crippen molar-refractivity contribution in [2.45, 2.75) is 4.90 Å². The molecule has 178 valence electrons. The van der Waals surface area contributed by atoms with Crippen LogP contribution >= 0.6 is 11.3 Å². The first kappa shape index (κ1) is 23.5. The fraction of sp³-hybridized carbons (Fsp3) is 0. The average Bonchev–Trinajstić information content (AvgIpc) is 3.33. The molecule has 0 N–H and O–H groups in total. The van der Waals surface area contributed by atoms with E-state index < -0.39 is 16.0 Å². The highest BCUT2D eigenvalue weighted by Gasteiger charge is 2.16. The lowest BCUT2D eigenvalue weighted by Crippen LogP contribution is -2.16. The van der Waals surface area contributed by atoms with Crippen molar-refractivity contribution in [2.75, 3.05) is 0 Å². The Balaban J connectivity index is 1.53. The zero-order chi connectivity index (χ0) is 25.0. The Labute approximate surface area is 212 Å². The van der Waals surface area contributed by atoms with E-state index in [-0.39, 0.29) is 4.90 Å². The Bertz CT molecular complexity index is 1660. The summed E-state index contributed by atoms with van der Waals surface area (Å²) in [6.45, 7) is 0. The number of carbonyl (C=O) groups excluding carboxylic acids is 1. The third-order valence-electron chi connectivity index (χ3n) is 5.33. The third kappa shape index (κ3) is 5.05. The van der Waals surface area contributed by atoms with Crippen LogP contribution < -0.4 is 9.54 Å². The van der Waals surface area contributed by atoms with Crippen LogP contribution in [0.4, 0.5) is 0 Å². The van der Waals surface area contributed by atoms with Gasteiger partial charge in [-0.25, -0.2) is 4.79 Å². The average molecular weight is 513 g/mol. The van der Waals surface area contributed by atoms with Gasteiger partial charge < -0.3 is 4.74 Å². The SMILES string of the molecule is O=C(Oc1ccc(-c2csc(=NS(=O)(=O)c3ccccc3)n2-c2ccccc2)cc1)c1ccccc1. The molecule has 0 unspecified atom stereocenters. The molecule has 0 atom stereocenters. The van der Waals surface area contributed by atoms with Gasteiger partial charge in [-0.2, -0.15) is 8.42 Å². The second kappa shape index (κ2) is 10.2. The van der Waals surface area contributed by atoms with Gasteiger partial charge in [-0.3, -0.25) is 4.57 Å². The normalized spacial score (nSPS) is 11.8. The minimum atomic E-state index is -3.90. The Kier molecular flexibility index (Phi) is 6.62. The predicted octanol–water partition coefficient (Wildman–Crippen LogP) is 5.71. The molecule has 6 nitrogen and oxygen atoms in total. The lowest BCUT2D eigenvalue weighted by atomic mass is 10.1. The summed E-state index contributed by atoms with van der Waals surface area (Å²) in [5.41, 5.74) is 2.81. The molecule has 0 saturated heterocycles. The molecule has 5 aromatic rings. The molecule has 1 heterocycles. The van der Waals surface area contributed by atoms with Gasteiger partial charge in [0.25, 0.3) is 10.0 Å².